The van der Waals surface area contributed by atoms with Crippen LogP contribution >= 0.6 is 0 Å². The normalized spacial score (nSPS) is 14.5. The molecule has 230 valence electrons. The highest BCUT2D eigenvalue weighted by molar-refractivity contribution is 5.88. The van der Waals surface area contributed by atoms with Crippen LogP contribution in [0.15, 0.2) is 170 Å². The van der Waals surface area contributed by atoms with E-state index < -0.39 is 0 Å². The molecule has 7 aromatic rings. The number of fused-ring (bicyclic) bond motifs is 6. The van der Waals surface area contributed by atoms with E-state index >= 15 is 0 Å². The molecule has 0 spiro atoms. The van der Waals surface area contributed by atoms with Crippen molar-refractivity contribution in [2.24, 2.45) is 0 Å². The van der Waals surface area contributed by atoms with E-state index in [0.29, 0.717) is 0 Å². The zero-order valence-corrected chi connectivity index (χ0v) is 27.6. The summed E-state index contributed by atoms with van der Waals surface area (Å²) >= 11 is 0. The van der Waals surface area contributed by atoms with Crippen LogP contribution in [0.5, 0.6) is 0 Å². The van der Waals surface area contributed by atoms with Gasteiger partial charge in [0.2, 0.25) is 0 Å². The third kappa shape index (κ3) is 4.17. The summed E-state index contributed by atoms with van der Waals surface area (Å²) in [6, 6.07) is 62.5. The Labute approximate surface area is 283 Å². The molecule has 48 heavy (non-hydrogen) atoms. The van der Waals surface area contributed by atoms with E-state index in [1.807, 2.05) is 0 Å². The largest absolute Gasteiger partial charge is 0.310 e. The Hall–Kier alpha value is -5.66. The van der Waals surface area contributed by atoms with E-state index in [2.05, 4.69) is 196 Å². The summed E-state index contributed by atoms with van der Waals surface area (Å²) in [4.78, 5) is 2.38. The lowest BCUT2D eigenvalue weighted by Crippen LogP contribution is -2.24. The minimum absolute atomic E-state index is 0.162. The fraction of sp³-hybridized carbons (Fsp3) is 0.106. The van der Waals surface area contributed by atoms with Gasteiger partial charge in [-0.15, -0.1) is 0 Å². The smallest absolute Gasteiger partial charge is 0.0465 e. The van der Waals surface area contributed by atoms with Crippen molar-refractivity contribution in [1.82, 2.24) is 0 Å². The molecule has 2 aliphatic rings. The molecule has 7 aromatic carbocycles. The maximum absolute atomic E-state index is 2.51. The molecule has 0 fully saturated rings. The van der Waals surface area contributed by atoms with E-state index in [1.165, 1.54) is 66.9 Å². The van der Waals surface area contributed by atoms with Crippen LogP contribution in [-0.2, 0) is 10.8 Å². The number of hydrogen-bond donors (Lipinski definition) is 0. The highest BCUT2D eigenvalue weighted by atomic mass is 15.1. The molecule has 0 amide bonds. The van der Waals surface area contributed by atoms with Gasteiger partial charge in [-0.3, -0.25) is 0 Å². The van der Waals surface area contributed by atoms with E-state index in [9.17, 15) is 0 Å². The Balaban J connectivity index is 1.14. The molecule has 1 heteroatoms. The first kappa shape index (κ1) is 28.6. The van der Waals surface area contributed by atoms with Crippen molar-refractivity contribution in [2.75, 3.05) is 4.90 Å². The van der Waals surface area contributed by atoms with E-state index in [0.717, 1.165) is 11.4 Å². The molecule has 0 bridgehead atoms. The van der Waals surface area contributed by atoms with Crippen molar-refractivity contribution in [3.63, 3.8) is 0 Å². The highest BCUT2D eigenvalue weighted by Crippen LogP contribution is 2.56. The van der Waals surface area contributed by atoms with Gasteiger partial charge in [-0.05, 0) is 105 Å². The minimum Gasteiger partial charge on any atom is -0.310 e. The summed E-state index contributed by atoms with van der Waals surface area (Å²) < 4.78 is 0. The number of anilines is 3. The van der Waals surface area contributed by atoms with Crippen LogP contribution in [0.2, 0.25) is 0 Å². The molecule has 0 saturated carbocycles. The number of benzene rings is 7. The zero-order valence-electron chi connectivity index (χ0n) is 27.6. The molecule has 0 aliphatic heterocycles. The first-order chi connectivity index (χ1) is 23.4. The van der Waals surface area contributed by atoms with Gasteiger partial charge in [0.25, 0.3) is 0 Å². The number of nitrogens with zero attached hydrogens (tertiary/aromatic N) is 1. The van der Waals surface area contributed by atoms with Crippen molar-refractivity contribution in [3.05, 3.63) is 198 Å². The number of para-hydroxylation sites is 1. The minimum atomic E-state index is -0.214. The average molecular weight is 616 g/mol. The molecule has 0 N–H and O–H groups in total. The molecular formula is C47H37N. The van der Waals surface area contributed by atoms with Crippen LogP contribution < -0.4 is 4.90 Å². The second kappa shape index (κ2) is 10.7. The second-order valence-corrected chi connectivity index (χ2v) is 13.9. The SMILES string of the molecule is CC1(C)c2cc(N(c3ccccc3)c3ccc(-c4ccccc4)cc3)ccc2-c2ccc(C3(C)c4ccccc4-c4ccccc43)cc21. The molecule has 0 atom stereocenters. The van der Waals surface area contributed by atoms with Gasteiger partial charge in [-0.25, -0.2) is 0 Å². The lowest BCUT2D eigenvalue weighted by molar-refractivity contribution is 0.652. The maximum atomic E-state index is 2.51. The van der Waals surface area contributed by atoms with Crippen molar-refractivity contribution in [2.45, 2.75) is 31.6 Å². The lowest BCUT2D eigenvalue weighted by Gasteiger charge is -2.31. The van der Waals surface area contributed by atoms with Gasteiger partial charge in [0, 0.05) is 27.9 Å². The van der Waals surface area contributed by atoms with Gasteiger partial charge in [-0.2, -0.15) is 0 Å². The molecule has 0 heterocycles. The summed E-state index contributed by atoms with van der Waals surface area (Å²) in [5.74, 6) is 0. The maximum Gasteiger partial charge on any atom is 0.0465 e. The summed E-state index contributed by atoms with van der Waals surface area (Å²) in [5, 5.41) is 0. The summed E-state index contributed by atoms with van der Waals surface area (Å²) in [5.41, 5.74) is 17.8. The van der Waals surface area contributed by atoms with Gasteiger partial charge in [0.1, 0.15) is 0 Å². The van der Waals surface area contributed by atoms with Crippen molar-refractivity contribution >= 4 is 17.1 Å². The van der Waals surface area contributed by atoms with Gasteiger partial charge < -0.3 is 4.90 Å². The Morgan fingerprint density at radius 1 is 0.354 bits per heavy atom. The van der Waals surface area contributed by atoms with Crippen LogP contribution in [0.1, 0.15) is 48.6 Å². The van der Waals surface area contributed by atoms with Gasteiger partial charge in [-0.1, -0.05) is 147 Å². The quantitative estimate of drug-likeness (QED) is 0.186. The summed E-state index contributed by atoms with van der Waals surface area (Å²) in [7, 11) is 0. The van der Waals surface area contributed by atoms with Gasteiger partial charge in [0.05, 0.1) is 0 Å². The highest BCUT2D eigenvalue weighted by Gasteiger charge is 2.43. The van der Waals surface area contributed by atoms with Crippen LogP contribution in [0.3, 0.4) is 0 Å². The Bertz CT molecular complexity index is 2270. The third-order valence-corrected chi connectivity index (χ3v) is 11.0. The molecule has 0 saturated heterocycles. The monoisotopic (exact) mass is 615 g/mol. The van der Waals surface area contributed by atoms with Crippen LogP contribution in [0.25, 0.3) is 33.4 Å². The fourth-order valence-corrected chi connectivity index (χ4v) is 8.40. The first-order valence-corrected chi connectivity index (χ1v) is 16.9. The van der Waals surface area contributed by atoms with Crippen LogP contribution in [0.4, 0.5) is 17.1 Å². The molecule has 0 aromatic heterocycles. The van der Waals surface area contributed by atoms with Crippen LogP contribution in [0, 0.1) is 0 Å². The van der Waals surface area contributed by atoms with E-state index in [-0.39, 0.29) is 10.8 Å². The summed E-state index contributed by atoms with van der Waals surface area (Å²) in [6.45, 7) is 7.20. The molecule has 9 rings (SSSR count). The second-order valence-electron chi connectivity index (χ2n) is 13.9. The van der Waals surface area contributed by atoms with Gasteiger partial charge in [0.15, 0.2) is 0 Å². The van der Waals surface area contributed by atoms with Crippen LogP contribution in [-0.4, -0.2) is 0 Å². The molecule has 0 radical (unpaired) electrons. The van der Waals surface area contributed by atoms with E-state index in [1.54, 1.807) is 0 Å². The standard InChI is InChI=1S/C47H37N/c1-46(2)44-30-34(47(3)42-20-12-10-18-38(42)39-19-11-13-21-43(39)47)24-28-40(44)41-29-27-37(31-45(41)46)48(35-16-8-5-9-17-35)36-25-22-33(23-26-36)32-14-6-4-7-15-32/h4-31H,1-3H3. The van der Waals surface area contributed by atoms with Crippen molar-refractivity contribution in [1.29, 1.82) is 0 Å². The van der Waals surface area contributed by atoms with E-state index in [4.69, 9.17) is 0 Å². The number of hydrogen-bond acceptors (Lipinski definition) is 1. The average Bonchev–Trinajstić information content (AvgIpc) is 3.54. The summed E-state index contributed by atoms with van der Waals surface area (Å²) in [6.07, 6.45) is 0. The van der Waals surface area contributed by atoms with Crippen molar-refractivity contribution in [3.8, 4) is 33.4 Å². The Morgan fingerprint density at radius 2 is 0.812 bits per heavy atom. The Morgan fingerprint density at radius 3 is 1.46 bits per heavy atom. The fourth-order valence-electron chi connectivity index (χ4n) is 8.40. The third-order valence-electron chi connectivity index (χ3n) is 11.0. The number of rotatable bonds is 5. The Kier molecular flexibility index (Phi) is 6.36. The topological polar surface area (TPSA) is 3.24 Å². The van der Waals surface area contributed by atoms with Crippen molar-refractivity contribution < 1.29 is 0 Å². The lowest BCUT2D eigenvalue weighted by atomic mass is 9.72. The zero-order chi connectivity index (χ0) is 32.5. The molecule has 0 unspecified atom stereocenters. The first-order valence-electron chi connectivity index (χ1n) is 16.9. The predicted molar refractivity (Wildman–Crippen MR) is 202 cm³/mol. The molecule has 2 aliphatic carbocycles. The molecular weight excluding hydrogens is 579 g/mol. The molecule has 1 nitrogen and oxygen atoms in total. The van der Waals surface area contributed by atoms with Gasteiger partial charge >= 0.3 is 0 Å². The predicted octanol–water partition coefficient (Wildman–Crippen LogP) is 12.5.